The zero-order valence-corrected chi connectivity index (χ0v) is 26.2. The van der Waals surface area contributed by atoms with Gasteiger partial charge in [0.1, 0.15) is 18.3 Å². The summed E-state index contributed by atoms with van der Waals surface area (Å²) >= 11 is 12.5. The smallest absolute Gasteiger partial charge is 0.264 e. The number of ether oxygens (including phenoxy) is 1. The molecule has 0 aliphatic heterocycles. The van der Waals surface area contributed by atoms with Gasteiger partial charge in [-0.3, -0.25) is 13.9 Å². The van der Waals surface area contributed by atoms with E-state index in [1.165, 1.54) is 30.2 Å². The lowest BCUT2D eigenvalue weighted by Crippen LogP contribution is -2.52. The van der Waals surface area contributed by atoms with Crippen molar-refractivity contribution in [1.29, 1.82) is 0 Å². The van der Waals surface area contributed by atoms with Gasteiger partial charge in [0.05, 0.1) is 17.7 Å². The molecule has 3 aromatic rings. The molecule has 0 aromatic heterocycles. The van der Waals surface area contributed by atoms with Gasteiger partial charge in [-0.1, -0.05) is 65.9 Å². The largest absolute Gasteiger partial charge is 0.495 e. The monoisotopic (exact) mass is 631 g/mol. The van der Waals surface area contributed by atoms with Gasteiger partial charge < -0.3 is 15.0 Å². The van der Waals surface area contributed by atoms with Crippen LogP contribution in [0.15, 0.2) is 71.6 Å². The summed E-state index contributed by atoms with van der Waals surface area (Å²) in [5.74, 6) is -0.663. The normalized spacial score (nSPS) is 14.3. The van der Waals surface area contributed by atoms with Crippen molar-refractivity contribution in [3.63, 3.8) is 0 Å². The molecule has 224 valence electrons. The second-order valence-corrected chi connectivity index (χ2v) is 13.2. The third-order valence-corrected chi connectivity index (χ3v) is 9.65. The van der Waals surface area contributed by atoms with Gasteiger partial charge in [-0.2, -0.15) is 0 Å². The van der Waals surface area contributed by atoms with Crippen molar-refractivity contribution >= 4 is 50.7 Å². The molecule has 1 atom stereocenters. The van der Waals surface area contributed by atoms with E-state index in [0.29, 0.717) is 10.6 Å². The number of methoxy groups -OCH3 is 1. The number of nitrogens with one attached hydrogen (secondary N) is 1. The quantitative estimate of drug-likeness (QED) is 0.281. The summed E-state index contributed by atoms with van der Waals surface area (Å²) in [6.45, 7) is 2.94. The lowest BCUT2D eigenvalue weighted by atomic mass is 10.1. The van der Waals surface area contributed by atoms with Crippen LogP contribution in [0.5, 0.6) is 5.75 Å². The Balaban J connectivity index is 1.74. The van der Waals surface area contributed by atoms with Gasteiger partial charge >= 0.3 is 0 Å². The number of carbonyl (C=O) groups excluding carboxylic acids is 2. The molecule has 8 nitrogen and oxygen atoms in total. The van der Waals surface area contributed by atoms with Crippen LogP contribution in [0.25, 0.3) is 0 Å². The number of hydrogen-bond acceptors (Lipinski definition) is 5. The van der Waals surface area contributed by atoms with E-state index in [1.54, 1.807) is 55.5 Å². The Kier molecular flexibility index (Phi) is 10.4. The second-order valence-electron chi connectivity index (χ2n) is 10.5. The van der Waals surface area contributed by atoms with Crippen LogP contribution in [-0.2, 0) is 26.2 Å². The molecule has 0 spiro atoms. The highest BCUT2D eigenvalue weighted by Gasteiger charge is 2.34. The third kappa shape index (κ3) is 7.56. The fourth-order valence-electron chi connectivity index (χ4n) is 5.02. The van der Waals surface area contributed by atoms with Crippen LogP contribution in [0, 0.1) is 6.92 Å². The zero-order chi connectivity index (χ0) is 30.4. The first-order chi connectivity index (χ1) is 20.0. The van der Waals surface area contributed by atoms with E-state index in [9.17, 15) is 18.0 Å². The molecule has 0 radical (unpaired) electrons. The van der Waals surface area contributed by atoms with Crippen molar-refractivity contribution < 1.29 is 22.7 Å². The molecule has 3 aromatic carbocycles. The fourth-order valence-corrected chi connectivity index (χ4v) is 6.81. The summed E-state index contributed by atoms with van der Waals surface area (Å²) in [7, 11) is -2.86. The Bertz CT molecular complexity index is 1530. The topological polar surface area (TPSA) is 96.0 Å². The highest BCUT2D eigenvalue weighted by atomic mass is 35.5. The highest BCUT2D eigenvalue weighted by molar-refractivity contribution is 7.92. The second kappa shape index (κ2) is 13.8. The molecule has 1 N–H and O–H groups in total. The summed E-state index contributed by atoms with van der Waals surface area (Å²) in [5.41, 5.74) is 1.68. The van der Waals surface area contributed by atoms with E-state index in [1.807, 2.05) is 6.92 Å². The molecule has 2 amide bonds. The molecule has 1 aliphatic rings. The van der Waals surface area contributed by atoms with Gasteiger partial charge in [0.15, 0.2) is 0 Å². The predicted octanol–water partition coefficient (Wildman–Crippen LogP) is 5.98. The van der Waals surface area contributed by atoms with Gasteiger partial charge in [0, 0.05) is 22.6 Å². The molecular weight excluding hydrogens is 597 g/mol. The van der Waals surface area contributed by atoms with E-state index in [0.717, 1.165) is 35.6 Å². The van der Waals surface area contributed by atoms with Gasteiger partial charge in [-0.15, -0.1) is 0 Å². The molecule has 1 fully saturated rings. The minimum atomic E-state index is -4.27. The van der Waals surface area contributed by atoms with E-state index >= 15 is 0 Å². The number of hydrogen-bond donors (Lipinski definition) is 1. The number of carbonyl (C=O) groups is 2. The first kappa shape index (κ1) is 31.7. The Morgan fingerprint density at radius 2 is 1.67 bits per heavy atom. The van der Waals surface area contributed by atoms with Gasteiger partial charge in [-0.25, -0.2) is 8.42 Å². The average Bonchev–Trinajstić information content (AvgIpc) is 3.47. The number of nitrogens with zero attached hydrogens (tertiary/aromatic N) is 2. The fraction of sp³-hybridized carbons (Fsp3) is 0.355. The number of amides is 2. The highest BCUT2D eigenvalue weighted by Crippen LogP contribution is 2.35. The van der Waals surface area contributed by atoms with Crippen molar-refractivity contribution in [2.24, 2.45) is 0 Å². The third-order valence-electron chi connectivity index (χ3n) is 7.41. The number of benzene rings is 3. The van der Waals surface area contributed by atoms with Crippen LogP contribution in [0.2, 0.25) is 10.0 Å². The number of aryl methyl sites for hydroxylation is 1. The summed E-state index contributed by atoms with van der Waals surface area (Å²) in [6.07, 6.45) is 3.85. The summed E-state index contributed by atoms with van der Waals surface area (Å²) < 4.78 is 34.6. The minimum Gasteiger partial charge on any atom is -0.495 e. The van der Waals surface area contributed by atoms with Gasteiger partial charge in [-0.05, 0) is 74.7 Å². The molecule has 42 heavy (non-hydrogen) atoms. The van der Waals surface area contributed by atoms with E-state index < -0.39 is 28.5 Å². The number of sulfonamides is 1. The zero-order valence-electron chi connectivity index (χ0n) is 23.8. The molecule has 1 saturated carbocycles. The summed E-state index contributed by atoms with van der Waals surface area (Å²) in [6, 6.07) is 17.1. The molecule has 11 heteroatoms. The maximum Gasteiger partial charge on any atom is 0.264 e. The Morgan fingerprint density at radius 1 is 1.00 bits per heavy atom. The first-order valence-electron chi connectivity index (χ1n) is 13.8. The van der Waals surface area contributed by atoms with Crippen LogP contribution in [-0.4, -0.2) is 50.9 Å². The SMILES string of the molecule is COc1ccc(Cl)cc1N(CC(=O)N(Cc1cccc(Cl)c1)C(C)C(=O)NC1CCCC1)S(=O)(=O)c1ccc(C)cc1. The number of anilines is 1. The first-order valence-corrected chi connectivity index (χ1v) is 16.0. The Hall–Kier alpha value is -3.27. The molecule has 4 rings (SSSR count). The molecule has 0 saturated heterocycles. The predicted molar refractivity (Wildman–Crippen MR) is 166 cm³/mol. The molecule has 0 heterocycles. The van der Waals surface area contributed by atoms with Crippen molar-refractivity contribution in [3.8, 4) is 5.75 Å². The minimum absolute atomic E-state index is 0.00338. The lowest BCUT2D eigenvalue weighted by molar-refractivity contribution is -0.139. The van der Waals surface area contributed by atoms with E-state index in [-0.39, 0.29) is 39.8 Å². The van der Waals surface area contributed by atoms with Crippen LogP contribution in [0.3, 0.4) is 0 Å². The van der Waals surface area contributed by atoms with Crippen molar-refractivity contribution in [3.05, 3.63) is 87.9 Å². The van der Waals surface area contributed by atoms with Crippen LogP contribution >= 0.6 is 23.2 Å². The lowest BCUT2D eigenvalue weighted by Gasteiger charge is -2.33. The maximum atomic E-state index is 14.1. The summed E-state index contributed by atoms with van der Waals surface area (Å²) in [5, 5.41) is 3.80. The molecular formula is C31H35Cl2N3O5S. The summed E-state index contributed by atoms with van der Waals surface area (Å²) in [4.78, 5) is 28.9. The number of rotatable bonds is 11. The van der Waals surface area contributed by atoms with Gasteiger partial charge in [0.2, 0.25) is 11.8 Å². The Labute approximate surface area is 257 Å². The molecule has 0 bridgehead atoms. The van der Waals surface area contributed by atoms with E-state index in [4.69, 9.17) is 27.9 Å². The average molecular weight is 633 g/mol. The van der Waals surface area contributed by atoms with Crippen LogP contribution in [0.1, 0.15) is 43.7 Å². The van der Waals surface area contributed by atoms with E-state index in [2.05, 4.69) is 5.32 Å². The molecule has 1 aliphatic carbocycles. The van der Waals surface area contributed by atoms with Crippen molar-refractivity contribution in [1.82, 2.24) is 10.2 Å². The Morgan fingerprint density at radius 3 is 2.31 bits per heavy atom. The number of halogens is 2. The van der Waals surface area contributed by atoms with Crippen molar-refractivity contribution in [2.45, 2.75) is 63.1 Å². The standard InChI is InChI=1S/C31H35Cl2N3O5S/c1-21-11-14-27(15-12-21)42(39,40)36(28-18-25(33)13-16-29(28)41-3)20-30(37)35(19-23-7-6-8-24(32)17-23)22(2)31(38)34-26-9-4-5-10-26/h6-8,11-18,22,26H,4-5,9-10,19-20H2,1-3H3,(H,34,38). The van der Waals surface area contributed by atoms with Crippen molar-refractivity contribution in [2.75, 3.05) is 18.0 Å². The maximum absolute atomic E-state index is 14.1. The van der Waals surface area contributed by atoms with Crippen LogP contribution in [0.4, 0.5) is 5.69 Å². The molecule has 1 unspecified atom stereocenters. The van der Waals surface area contributed by atoms with Crippen LogP contribution < -0.4 is 14.4 Å². The van der Waals surface area contributed by atoms with Gasteiger partial charge in [0.25, 0.3) is 10.0 Å².